The van der Waals surface area contributed by atoms with Gasteiger partial charge in [0.2, 0.25) is 10.0 Å². The average Bonchev–Trinajstić information content (AvgIpc) is 2.63. The molecule has 8 heteroatoms. The van der Waals surface area contributed by atoms with Crippen LogP contribution in [-0.4, -0.2) is 34.1 Å². The number of pyridine rings is 1. The zero-order chi connectivity index (χ0) is 20.1. The molecule has 0 aliphatic heterocycles. The Morgan fingerprint density at radius 1 is 1.07 bits per heavy atom. The maximum Gasteiger partial charge on any atom is 0.211 e. The lowest BCUT2D eigenvalue weighted by Gasteiger charge is -2.19. The maximum absolute atomic E-state index is 13.3. The molecule has 1 N–H and O–H groups in total. The molecule has 0 aliphatic carbocycles. The van der Waals surface area contributed by atoms with Crippen molar-refractivity contribution in [2.45, 2.75) is 43.8 Å². The van der Waals surface area contributed by atoms with Crippen molar-refractivity contribution in [1.82, 2.24) is 9.71 Å². The maximum atomic E-state index is 13.3. The highest BCUT2D eigenvalue weighted by Crippen LogP contribution is 2.29. The SMILES string of the molecule is CCCCS(=O)(=O)NC[C@@H](c1cccnc1)S(=O)(=O)c1ccc(C)c(C)c1. The lowest BCUT2D eigenvalue weighted by Crippen LogP contribution is -2.33. The summed E-state index contributed by atoms with van der Waals surface area (Å²) in [6.07, 6.45) is 4.28. The quantitative estimate of drug-likeness (QED) is 0.686. The van der Waals surface area contributed by atoms with E-state index in [9.17, 15) is 16.8 Å². The second-order valence-electron chi connectivity index (χ2n) is 6.59. The van der Waals surface area contributed by atoms with Gasteiger partial charge in [-0.15, -0.1) is 0 Å². The molecule has 0 radical (unpaired) electrons. The minimum Gasteiger partial charge on any atom is -0.264 e. The molecule has 1 heterocycles. The standard InChI is InChI=1S/C19H26N2O4S2/c1-4-5-11-26(22,23)21-14-19(17-7-6-10-20-13-17)27(24,25)18-9-8-15(2)16(3)12-18/h6-10,12-13,19,21H,4-5,11,14H2,1-3H3/t19-/m0/s1. The molecule has 27 heavy (non-hydrogen) atoms. The summed E-state index contributed by atoms with van der Waals surface area (Å²) in [5, 5.41) is -1.05. The van der Waals surface area contributed by atoms with Gasteiger partial charge in [-0.05, 0) is 55.2 Å². The number of sulfonamides is 1. The Balaban J connectivity index is 2.39. The van der Waals surface area contributed by atoms with Crippen LogP contribution in [0.5, 0.6) is 0 Å². The first-order valence-corrected chi connectivity index (χ1v) is 12.1. The van der Waals surface area contributed by atoms with Crippen LogP contribution in [0.4, 0.5) is 0 Å². The van der Waals surface area contributed by atoms with E-state index in [1.165, 1.54) is 6.20 Å². The van der Waals surface area contributed by atoms with Crippen molar-refractivity contribution in [1.29, 1.82) is 0 Å². The summed E-state index contributed by atoms with van der Waals surface area (Å²) in [5.74, 6) is -0.0209. The summed E-state index contributed by atoms with van der Waals surface area (Å²) in [5.41, 5.74) is 2.31. The number of rotatable bonds is 9. The van der Waals surface area contributed by atoms with Gasteiger partial charge in [0.15, 0.2) is 9.84 Å². The Hall–Kier alpha value is -1.77. The first kappa shape index (κ1) is 21.5. The summed E-state index contributed by atoms with van der Waals surface area (Å²) in [4.78, 5) is 4.17. The molecule has 0 saturated carbocycles. The normalized spacial score (nSPS) is 13.4. The average molecular weight is 411 g/mol. The third-order valence-corrected chi connectivity index (χ3v) is 8.02. The van der Waals surface area contributed by atoms with Gasteiger partial charge in [0.1, 0.15) is 5.25 Å². The minimum atomic E-state index is -3.80. The molecule has 2 rings (SSSR count). The zero-order valence-electron chi connectivity index (χ0n) is 15.8. The van der Waals surface area contributed by atoms with Gasteiger partial charge in [-0.1, -0.05) is 25.5 Å². The van der Waals surface area contributed by atoms with Gasteiger partial charge >= 0.3 is 0 Å². The van der Waals surface area contributed by atoms with Gasteiger partial charge in [-0.25, -0.2) is 21.6 Å². The number of sulfone groups is 1. The van der Waals surface area contributed by atoms with E-state index in [-0.39, 0.29) is 17.2 Å². The van der Waals surface area contributed by atoms with Crippen LogP contribution >= 0.6 is 0 Å². The third kappa shape index (κ3) is 5.60. The van der Waals surface area contributed by atoms with Gasteiger partial charge in [-0.2, -0.15) is 0 Å². The molecule has 6 nitrogen and oxygen atoms in total. The van der Waals surface area contributed by atoms with Crippen molar-refractivity contribution in [2.75, 3.05) is 12.3 Å². The molecule has 0 saturated heterocycles. The van der Waals surface area contributed by atoms with Crippen LogP contribution in [0.3, 0.4) is 0 Å². The van der Waals surface area contributed by atoms with Gasteiger partial charge in [0.05, 0.1) is 10.6 Å². The molecular formula is C19H26N2O4S2. The third-order valence-electron chi connectivity index (χ3n) is 4.49. The van der Waals surface area contributed by atoms with Crippen LogP contribution in [0.15, 0.2) is 47.6 Å². The summed E-state index contributed by atoms with van der Waals surface area (Å²) >= 11 is 0. The fraction of sp³-hybridized carbons (Fsp3) is 0.421. The van der Waals surface area contributed by atoms with Crippen LogP contribution in [0.2, 0.25) is 0 Å². The van der Waals surface area contributed by atoms with Crippen molar-refractivity contribution < 1.29 is 16.8 Å². The molecule has 1 atom stereocenters. The summed E-state index contributed by atoms with van der Waals surface area (Å²) in [7, 11) is -7.34. The Kier molecular flexibility index (Phi) is 7.13. The number of aryl methyl sites for hydroxylation is 2. The van der Waals surface area contributed by atoms with E-state index in [2.05, 4.69) is 9.71 Å². The second-order valence-corrected chi connectivity index (χ2v) is 10.6. The van der Waals surface area contributed by atoms with Gasteiger partial charge < -0.3 is 0 Å². The monoisotopic (exact) mass is 410 g/mol. The minimum absolute atomic E-state index is 0.0209. The highest BCUT2D eigenvalue weighted by Gasteiger charge is 2.30. The lowest BCUT2D eigenvalue weighted by molar-refractivity contribution is 0.566. The van der Waals surface area contributed by atoms with Crippen molar-refractivity contribution in [3.8, 4) is 0 Å². The first-order chi connectivity index (χ1) is 12.7. The fourth-order valence-corrected chi connectivity index (χ4v) is 5.70. The molecule has 0 bridgehead atoms. The van der Waals surface area contributed by atoms with Crippen molar-refractivity contribution >= 4 is 19.9 Å². The molecule has 1 aromatic heterocycles. The Bertz CT molecular complexity index is 972. The molecule has 0 aliphatic rings. The van der Waals surface area contributed by atoms with Gasteiger partial charge in [0.25, 0.3) is 0 Å². The van der Waals surface area contributed by atoms with Crippen LogP contribution < -0.4 is 4.72 Å². The van der Waals surface area contributed by atoms with Gasteiger partial charge in [-0.3, -0.25) is 4.98 Å². The van der Waals surface area contributed by atoms with E-state index in [4.69, 9.17) is 0 Å². The molecule has 0 unspecified atom stereocenters. The van der Waals surface area contributed by atoms with E-state index in [0.717, 1.165) is 17.5 Å². The lowest BCUT2D eigenvalue weighted by atomic mass is 10.1. The number of benzene rings is 1. The molecular weight excluding hydrogens is 384 g/mol. The number of hydrogen-bond acceptors (Lipinski definition) is 5. The number of aromatic nitrogens is 1. The molecule has 0 amide bonds. The van der Waals surface area contributed by atoms with Crippen molar-refractivity contribution in [3.05, 3.63) is 59.4 Å². The van der Waals surface area contributed by atoms with E-state index in [0.29, 0.717) is 12.0 Å². The van der Waals surface area contributed by atoms with E-state index in [1.807, 2.05) is 20.8 Å². The van der Waals surface area contributed by atoms with Crippen LogP contribution in [-0.2, 0) is 19.9 Å². The van der Waals surface area contributed by atoms with Crippen LogP contribution in [0.1, 0.15) is 41.7 Å². The number of nitrogens with zero attached hydrogens (tertiary/aromatic N) is 1. The number of unbranched alkanes of at least 4 members (excludes halogenated alkanes) is 1. The molecule has 0 fully saturated rings. The number of nitrogens with one attached hydrogen (secondary N) is 1. The van der Waals surface area contributed by atoms with E-state index in [1.54, 1.807) is 36.5 Å². The Morgan fingerprint density at radius 2 is 1.81 bits per heavy atom. The summed E-state index contributed by atoms with van der Waals surface area (Å²) in [6.45, 7) is 5.43. The largest absolute Gasteiger partial charge is 0.264 e. The van der Waals surface area contributed by atoms with Crippen LogP contribution in [0.25, 0.3) is 0 Å². The highest BCUT2D eigenvalue weighted by atomic mass is 32.2. The predicted octanol–water partition coefficient (Wildman–Crippen LogP) is 2.93. The highest BCUT2D eigenvalue weighted by molar-refractivity contribution is 7.92. The zero-order valence-corrected chi connectivity index (χ0v) is 17.5. The smallest absolute Gasteiger partial charge is 0.211 e. The van der Waals surface area contributed by atoms with Crippen molar-refractivity contribution in [2.24, 2.45) is 0 Å². The molecule has 148 valence electrons. The molecule has 2 aromatic rings. The predicted molar refractivity (Wildman–Crippen MR) is 107 cm³/mol. The fourth-order valence-electron chi connectivity index (χ4n) is 2.64. The number of hydrogen-bond donors (Lipinski definition) is 1. The Labute approximate surface area is 162 Å². The molecule has 0 spiro atoms. The summed E-state index contributed by atoms with van der Waals surface area (Å²) < 4.78 is 53.3. The van der Waals surface area contributed by atoms with E-state index >= 15 is 0 Å². The van der Waals surface area contributed by atoms with Gasteiger partial charge in [0, 0.05) is 18.9 Å². The summed E-state index contributed by atoms with van der Waals surface area (Å²) in [6, 6.07) is 8.24. The topological polar surface area (TPSA) is 93.2 Å². The molecule has 1 aromatic carbocycles. The van der Waals surface area contributed by atoms with Crippen molar-refractivity contribution in [3.63, 3.8) is 0 Å². The Morgan fingerprint density at radius 3 is 2.41 bits per heavy atom. The second kappa shape index (κ2) is 8.95. The first-order valence-electron chi connectivity index (χ1n) is 8.86. The van der Waals surface area contributed by atoms with Crippen LogP contribution in [0, 0.1) is 13.8 Å². The van der Waals surface area contributed by atoms with E-state index < -0.39 is 25.1 Å².